The Morgan fingerprint density at radius 3 is 2.41 bits per heavy atom. The number of carbonyl (C=O) groups is 1. The normalized spacial score (nSPS) is 14.1. The molecule has 1 amide bonds. The molecule has 2 N–H and O–H groups in total. The van der Waals surface area contributed by atoms with Gasteiger partial charge >= 0.3 is 0 Å². The molecule has 114 valence electrons. The number of amides is 1. The highest BCUT2D eigenvalue weighted by Crippen LogP contribution is 2.23. The molecule has 2 aromatic rings. The number of nitrogens with zero attached hydrogens (tertiary/aromatic N) is 1. The van der Waals surface area contributed by atoms with Crippen molar-refractivity contribution in [2.75, 3.05) is 23.3 Å². The molecule has 1 heterocycles. The average molecular weight is 300 g/mol. The first-order valence-corrected chi connectivity index (χ1v) is 7.28. The number of hydrogen-bond acceptors (Lipinski definition) is 3. The van der Waals surface area contributed by atoms with Crippen molar-refractivity contribution in [3.63, 3.8) is 0 Å². The number of phenols is 1. The second-order valence-corrected chi connectivity index (χ2v) is 5.36. The minimum atomic E-state index is -0.744. The van der Waals surface area contributed by atoms with Crippen molar-refractivity contribution >= 4 is 17.3 Å². The Kier molecular flexibility index (Phi) is 3.96. The summed E-state index contributed by atoms with van der Waals surface area (Å²) < 4.78 is 13.6. The molecular formula is C17H17FN2O2. The molecule has 0 bridgehead atoms. The molecule has 22 heavy (non-hydrogen) atoms. The van der Waals surface area contributed by atoms with Gasteiger partial charge in [0, 0.05) is 30.5 Å². The zero-order valence-electron chi connectivity index (χ0n) is 12.1. The molecule has 1 aliphatic heterocycles. The van der Waals surface area contributed by atoms with Gasteiger partial charge in [0.2, 0.25) is 0 Å². The fourth-order valence-corrected chi connectivity index (χ4v) is 2.62. The van der Waals surface area contributed by atoms with Gasteiger partial charge in [-0.05, 0) is 49.2 Å². The summed E-state index contributed by atoms with van der Waals surface area (Å²) >= 11 is 0. The van der Waals surface area contributed by atoms with Gasteiger partial charge in [0.15, 0.2) is 0 Å². The number of rotatable bonds is 3. The van der Waals surface area contributed by atoms with E-state index in [1.165, 1.54) is 25.0 Å². The van der Waals surface area contributed by atoms with Crippen LogP contribution in [0.25, 0.3) is 0 Å². The fraction of sp³-hybridized carbons (Fsp3) is 0.235. The highest BCUT2D eigenvalue weighted by atomic mass is 19.1. The smallest absolute Gasteiger partial charge is 0.258 e. The fourth-order valence-electron chi connectivity index (χ4n) is 2.62. The Morgan fingerprint density at radius 2 is 1.77 bits per heavy atom. The highest BCUT2D eigenvalue weighted by Gasteiger charge is 2.14. The number of aromatic hydroxyl groups is 1. The van der Waals surface area contributed by atoms with Crippen molar-refractivity contribution in [1.82, 2.24) is 0 Å². The van der Waals surface area contributed by atoms with E-state index in [2.05, 4.69) is 10.2 Å². The van der Waals surface area contributed by atoms with Gasteiger partial charge in [0.1, 0.15) is 11.6 Å². The lowest BCUT2D eigenvalue weighted by molar-refractivity contribution is 0.102. The molecule has 3 rings (SSSR count). The van der Waals surface area contributed by atoms with Crippen LogP contribution in [0.15, 0.2) is 42.5 Å². The molecule has 0 radical (unpaired) electrons. The maximum absolute atomic E-state index is 13.6. The van der Waals surface area contributed by atoms with Crippen molar-refractivity contribution < 1.29 is 14.3 Å². The lowest BCUT2D eigenvalue weighted by Gasteiger charge is -2.17. The molecule has 0 spiro atoms. The number of nitrogens with one attached hydrogen (secondary N) is 1. The summed E-state index contributed by atoms with van der Waals surface area (Å²) in [6, 6.07) is 11.0. The summed E-state index contributed by atoms with van der Waals surface area (Å²) in [5, 5.41) is 11.8. The largest absolute Gasteiger partial charge is 0.508 e. The third-order valence-corrected chi connectivity index (χ3v) is 3.79. The highest BCUT2D eigenvalue weighted by molar-refractivity contribution is 6.04. The predicted molar refractivity (Wildman–Crippen MR) is 83.9 cm³/mol. The van der Waals surface area contributed by atoms with Crippen LogP contribution in [0.3, 0.4) is 0 Å². The molecule has 1 saturated heterocycles. The zero-order chi connectivity index (χ0) is 15.5. The molecule has 0 unspecified atom stereocenters. The van der Waals surface area contributed by atoms with Crippen LogP contribution in [0.1, 0.15) is 23.2 Å². The Morgan fingerprint density at radius 1 is 1.09 bits per heavy atom. The molecule has 1 aliphatic rings. The predicted octanol–water partition coefficient (Wildman–Crippen LogP) is 3.38. The van der Waals surface area contributed by atoms with Gasteiger partial charge in [-0.3, -0.25) is 4.79 Å². The SMILES string of the molecule is O=C(Nc1ccc(N2CCCC2)cc1)c1ccc(O)cc1F. The zero-order valence-corrected chi connectivity index (χ0v) is 12.1. The van der Waals surface area contributed by atoms with Gasteiger partial charge in [-0.1, -0.05) is 0 Å². The molecule has 0 atom stereocenters. The van der Waals surface area contributed by atoms with Gasteiger partial charge in [-0.15, -0.1) is 0 Å². The standard InChI is InChI=1S/C17H17FN2O2/c18-16-11-14(21)7-8-15(16)17(22)19-12-3-5-13(6-4-12)20-9-1-2-10-20/h3-8,11,21H,1-2,9-10H2,(H,19,22). The van der Waals surface area contributed by atoms with Crippen LogP contribution in [0.2, 0.25) is 0 Å². The molecule has 2 aromatic carbocycles. The maximum Gasteiger partial charge on any atom is 0.258 e. The van der Waals surface area contributed by atoms with Crippen molar-refractivity contribution in [3.8, 4) is 5.75 Å². The summed E-state index contributed by atoms with van der Waals surface area (Å²) in [6.07, 6.45) is 2.41. The molecule has 1 fully saturated rings. The average Bonchev–Trinajstić information content (AvgIpc) is 3.02. The lowest BCUT2D eigenvalue weighted by Crippen LogP contribution is -2.17. The Labute approximate surface area is 128 Å². The minimum absolute atomic E-state index is 0.0959. The van der Waals surface area contributed by atoms with Crippen LogP contribution >= 0.6 is 0 Å². The maximum atomic E-state index is 13.6. The van der Waals surface area contributed by atoms with Crippen LogP contribution < -0.4 is 10.2 Å². The quantitative estimate of drug-likeness (QED) is 0.913. The summed E-state index contributed by atoms with van der Waals surface area (Å²) in [6.45, 7) is 2.12. The van der Waals surface area contributed by atoms with Crippen molar-refractivity contribution in [2.24, 2.45) is 0 Å². The monoisotopic (exact) mass is 300 g/mol. The molecular weight excluding hydrogens is 283 g/mol. The van der Waals surface area contributed by atoms with E-state index in [1.807, 2.05) is 24.3 Å². The molecule has 0 saturated carbocycles. The Hall–Kier alpha value is -2.56. The van der Waals surface area contributed by atoms with Crippen molar-refractivity contribution in [3.05, 3.63) is 53.8 Å². The van der Waals surface area contributed by atoms with Crippen LogP contribution in [0.5, 0.6) is 5.75 Å². The van der Waals surface area contributed by atoms with Crippen LogP contribution in [0.4, 0.5) is 15.8 Å². The minimum Gasteiger partial charge on any atom is -0.508 e. The van der Waals surface area contributed by atoms with Crippen LogP contribution in [0, 0.1) is 5.82 Å². The third-order valence-electron chi connectivity index (χ3n) is 3.79. The van der Waals surface area contributed by atoms with E-state index < -0.39 is 11.7 Å². The first-order valence-electron chi connectivity index (χ1n) is 7.28. The number of benzene rings is 2. The number of anilines is 2. The topological polar surface area (TPSA) is 52.6 Å². The van der Waals surface area contributed by atoms with Crippen LogP contribution in [-0.4, -0.2) is 24.1 Å². The second kappa shape index (κ2) is 6.05. The van der Waals surface area contributed by atoms with Gasteiger partial charge < -0.3 is 15.3 Å². The van der Waals surface area contributed by atoms with Gasteiger partial charge in [-0.2, -0.15) is 0 Å². The van der Waals surface area contributed by atoms with Gasteiger partial charge in [-0.25, -0.2) is 4.39 Å². The molecule has 0 aromatic heterocycles. The summed E-state index contributed by atoms with van der Waals surface area (Å²) in [7, 11) is 0. The van der Waals surface area contributed by atoms with Crippen LogP contribution in [-0.2, 0) is 0 Å². The van der Waals surface area contributed by atoms with E-state index in [0.29, 0.717) is 5.69 Å². The molecule has 5 heteroatoms. The number of hydrogen-bond donors (Lipinski definition) is 2. The summed E-state index contributed by atoms with van der Waals surface area (Å²) in [5.41, 5.74) is 1.65. The number of phenolic OH excluding ortho intramolecular Hbond substituents is 1. The first kappa shape index (κ1) is 14.4. The first-order chi connectivity index (χ1) is 10.6. The molecule has 4 nitrogen and oxygen atoms in total. The van der Waals surface area contributed by atoms with E-state index in [9.17, 15) is 9.18 Å². The van der Waals surface area contributed by atoms with Gasteiger partial charge in [0.25, 0.3) is 5.91 Å². The Bertz CT molecular complexity index is 680. The second-order valence-electron chi connectivity index (χ2n) is 5.36. The van der Waals surface area contributed by atoms with E-state index in [4.69, 9.17) is 5.11 Å². The Balaban J connectivity index is 1.71. The van der Waals surface area contributed by atoms with E-state index in [0.717, 1.165) is 24.8 Å². The molecule has 0 aliphatic carbocycles. The van der Waals surface area contributed by atoms with E-state index in [1.54, 1.807) is 0 Å². The summed E-state index contributed by atoms with van der Waals surface area (Å²) in [4.78, 5) is 14.3. The number of halogens is 1. The van der Waals surface area contributed by atoms with Crippen molar-refractivity contribution in [1.29, 1.82) is 0 Å². The van der Waals surface area contributed by atoms with Gasteiger partial charge in [0.05, 0.1) is 5.56 Å². The van der Waals surface area contributed by atoms with Crippen molar-refractivity contribution in [2.45, 2.75) is 12.8 Å². The van der Waals surface area contributed by atoms with E-state index in [-0.39, 0.29) is 11.3 Å². The number of carbonyl (C=O) groups excluding carboxylic acids is 1. The van der Waals surface area contributed by atoms with E-state index >= 15 is 0 Å². The lowest BCUT2D eigenvalue weighted by atomic mass is 10.2. The third kappa shape index (κ3) is 3.03. The summed E-state index contributed by atoms with van der Waals surface area (Å²) in [5.74, 6) is -1.48.